The second-order valence-electron chi connectivity index (χ2n) is 5.21. The Balaban J connectivity index is 2.26. The summed E-state index contributed by atoms with van der Waals surface area (Å²) in [5.74, 6) is 0. The summed E-state index contributed by atoms with van der Waals surface area (Å²) in [7, 11) is -1.73. The zero-order chi connectivity index (χ0) is 14.1. The number of aliphatic hydroxyl groups is 1. The Morgan fingerprint density at radius 2 is 1.95 bits per heavy atom. The van der Waals surface area contributed by atoms with Crippen molar-refractivity contribution in [2.24, 2.45) is 0 Å². The smallest absolute Gasteiger partial charge is 0.243 e. The average Bonchev–Trinajstić information content (AvgIpc) is 2.37. The summed E-state index contributed by atoms with van der Waals surface area (Å²) in [4.78, 5) is 0.268. The molecule has 2 N–H and O–H groups in total. The molecule has 1 fully saturated rings. The van der Waals surface area contributed by atoms with Gasteiger partial charge in [0.25, 0.3) is 0 Å². The van der Waals surface area contributed by atoms with Gasteiger partial charge in [-0.2, -0.15) is 4.31 Å². The summed E-state index contributed by atoms with van der Waals surface area (Å²) in [6.45, 7) is 2.30. The SMILES string of the molecule is CNc1ccc(S(=O)(=O)N2CCCC(C)(O)C2)cc1. The van der Waals surface area contributed by atoms with Crippen LogP contribution in [0.3, 0.4) is 0 Å². The molecule has 1 aliphatic rings. The molecule has 2 rings (SSSR count). The van der Waals surface area contributed by atoms with Crippen molar-refractivity contribution in [3.8, 4) is 0 Å². The fourth-order valence-corrected chi connectivity index (χ4v) is 3.92. The van der Waals surface area contributed by atoms with Gasteiger partial charge in [-0.3, -0.25) is 0 Å². The van der Waals surface area contributed by atoms with E-state index >= 15 is 0 Å². The maximum Gasteiger partial charge on any atom is 0.243 e. The predicted octanol–water partition coefficient (Wildman–Crippen LogP) is 1.26. The zero-order valence-electron chi connectivity index (χ0n) is 11.3. The third-order valence-corrected chi connectivity index (χ3v) is 5.28. The minimum absolute atomic E-state index is 0.156. The number of nitrogens with zero attached hydrogens (tertiary/aromatic N) is 1. The third-order valence-electron chi connectivity index (χ3n) is 3.42. The van der Waals surface area contributed by atoms with Gasteiger partial charge in [0, 0.05) is 25.8 Å². The monoisotopic (exact) mass is 284 g/mol. The van der Waals surface area contributed by atoms with Crippen LogP contribution in [-0.4, -0.2) is 43.6 Å². The Bertz CT molecular complexity index is 538. The van der Waals surface area contributed by atoms with Gasteiger partial charge < -0.3 is 10.4 Å². The molecule has 6 heteroatoms. The van der Waals surface area contributed by atoms with Crippen LogP contribution in [0.1, 0.15) is 19.8 Å². The van der Waals surface area contributed by atoms with Gasteiger partial charge in [0.15, 0.2) is 0 Å². The molecule has 1 saturated heterocycles. The lowest BCUT2D eigenvalue weighted by molar-refractivity contribution is 0.00940. The van der Waals surface area contributed by atoms with Crippen LogP contribution < -0.4 is 5.32 Å². The molecule has 1 aromatic rings. The van der Waals surface area contributed by atoms with E-state index in [1.54, 1.807) is 38.2 Å². The fourth-order valence-electron chi connectivity index (χ4n) is 2.32. The van der Waals surface area contributed by atoms with E-state index in [0.717, 1.165) is 5.69 Å². The lowest BCUT2D eigenvalue weighted by Crippen LogP contribution is -2.48. The van der Waals surface area contributed by atoms with Crippen molar-refractivity contribution < 1.29 is 13.5 Å². The summed E-state index contributed by atoms with van der Waals surface area (Å²) >= 11 is 0. The highest BCUT2D eigenvalue weighted by Gasteiger charge is 2.35. The first-order valence-electron chi connectivity index (χ1n) is 6.35. The fraction of sp³-hybridized carbons (Fsp3) is 0.538. The number of hydrogen-bond donors (Lipinski definition) is 2. The highest BCUT2D eigenvalue weighted by atomic mass is 32.2. The Kier molecular flexibility index (Phi) is 3.85. The molecular weight excluding hydrogens is 264 g/mol. The Hall–Kier alpha value is -1.11. The minimum atomic E-state index is -3.51. The Morgan fingerprint density at radius 3 is 2.47 bits per heavy atom. The second kappa shape index (κ2) is 5.11. The first kappa shape index (κ1) is 14.3. The van der Waals surface area contributed by atoms with Crippen LogP contribution in [0, 0.1) is 0 Å². The van der Waals surface area contributed by atoms with Gasteiger partial charge >= 0.3 is 0 Å². The first-order chi connectivity index (χ1) is 8.85. The molecule has 0 aliphatic carbocycles. The number of piperidine rings is 1. The predicted molar refractivity (Wildman–Crippen MR) is 74.6 cm³/mol. The summed E-state index contributed by atoms with van der Waals surface area (Å²) in [5, 5.41) is 13.0. The van der Waals surface area contributed by atoms with Gasteiger partial charge in [-0.05, 0) is 44.0 Å². The van der Waals surface area contributed by atoms with E-state index in [2.05, 4.69) is 5.32 Å². The number of β-amino-alcohol motifs (C(OH)–C–C–N with tert-alkyl or cyclic N) is 1. The lowest BCUT2D eigenvalue weighted by Gasteiger charge is -2.35. The first-order valence-corrected chi connectivity index (χ1v) is 7.79. The summed E-state index contributed by atoms with van der Waals surface area (Å²) in [6, 6.07) is 6.64. The highest BCUT2D eigenvalue weighted by Crippen LogP contribution is 2.26. The van der Waals surface area contributed by atoms with Crippen molar-refractivity contribution in [2.75, 3.05) is 25.5 Å². The van der Waals surface area contributed by atoms with Gasteiger partial charge in [0.1, 0.15) is 0 Å². The molecule has 1 aromatic carbocycles. The molecule has 1 heterocycles. The van der Waals surface area contributed by atoms with E-state index in [-0.39, 0.29) is 11.4 Å². The van der Waals surface area contributed by atoms with E-state index in [0.29, 0.717) is 19.4 Å². The second-order valence-corrected chi connectivity index (χ2v) is 7.15. The van der Waals surface area contributed by atoms with Gasteiger partial charge in [0.2, 0.25) is 10.0 Å². The maximum atomic E-state index is 12.5. The van der Waals surface area contributed by atoms with Crippen LogP contribution in [0.5, 0.6) is 0 Å². The quantitative estimate of drug-likeness (QED) is 0.877. The number of sulfonamides is 1. The van der Waals surface area contributed by atoms with E-state index in [1.165, 1.54) is 4.31 Å². The van der Waals surface area contributed by atoms with E-state index in [1.807, 2.05) is 0 Å². The standard InChI is InChI=1S/C13H20N2O3S/c1-13(16)8-3-9-15(10-13)19(17,18)12-6-4-11(14-2)5-7-12/h4-7,14,16H,3,8-10H2,1-2H3. The van der Waals surface area contributed by atoms with Crippen LogP contribution in [-0.2, 0) is 10.0 Å². The number of benzene rings is 1. The molecule has 1 atom stereocenters. The Morgan fingerprint density at radius 1 is 1.32 bits per heavy atom. The highest BCUT2D eigenvalue weighted by molar-refractivity contribution is 7.89. The van der Waals surface area contributed by atoms with Crippen molar-refractivity contribution in [3.05, 3.63) is 24.3 Å². The summed E-state index contributed by atoms with van der Waals surface area (Å²) < 4.78 is 26.3. The number of nitrogens with one attached hydrogen (secondary N) is 1. The third kappa shape index (κ3) is 3.08. The molecule has 106 valence electrons. The van der Waals surface area contributed by atoms with Crippen molar-refractivity contribution >= 4 is 15.7 Å². The van der Waals surface area contributed by atoms with Gasteiger partial charge in [0.05, 0.1) is 10.5 Å². The molecule has 0 saturated carbocycles. The molecule has 1 aliphatic heterocycles. The minimum Gasteiger partial charge on any atom is -0.389 e. The summed E-state index contributed by atoms with van der Waals surface area (Å²) in [6.07, 6.45) is 1.32. The van der Waals surface area contributed by atoms with E-state index < -0.39 is 15.6 Å². The van der Waals surface area contributed by atoms with Gasteiger partial charge in [-0.25, -0.2) is 8.42 Å². The van der Waals surface area contributed by atoms with Crippen LogP contribution in [0.25, 0.3) is 0 Å². The van der Waals surface area contributed by atoms with Crippen molar-refractivity contribution in [1.29, 1.82) is 0 Å². The van der Waals surface area contributed by atoms with E-state index in [9.17, 15) is 13.5 Å². The molecule has 0 amide bonds. The molecule has 5 nitrogen and oxygen atoms in total. The average molecular weight is 284 g/mol. The molecule has 0 radical (unpaired) electrons. The van der Waals surface area contributed by atoms with Gasteiger partial charge in [-0.1, -0.05) is 0 Å². The topological polar surface area (TPSA) is 69.6 Å². The van der Waals surface area contributed by atoms with Crippen molar-refractivity contribution in [1.82, 2.24) is 4.31 Å². The number of rotatable bonds is 3. The molecular formula is C13H20N2O3S. The largest absolute Gasteiger partial charge is 0.389 e. The van der Waals surface area contributed by atoms with Crippen LogP contribution in [0.2, 0.25) is 0 Å². The lowest BCUT2D eigenvalue weighted by atomic mass is 9.97. The molecule has 0 spiro atoms. The molecule has 1 unspecified atom stereocenters. The van der Waals surface area contributed by atoms with Crippen LogP contribution in [0.15, 0.2) is 29.2 Å². The zero-order valence-corrected chi connectivity index (χ0v) is 12.1. The van der Waals surface area contributed by atoms with Crippen LogP contribution >= 0.6 is 0 Å². The van der Waals surface area contributed by atoms with E-state index in [4.69, 9.17) is 0 Å². The van der Waals surface area contributed by atoms with Gasteiger partial charge in [-0.15, -0.1) is 0 Å². The number of anilines is 1. The number of hydrogen-bond acceptors (Lipinski definition) is 4. The molecule has 0 aromatic heterocycles. The van der Waals surface area contributed by atoms with Crippen molar-refractivity contribution in [3.63, 3.8) is 0 Å². The normalized spacial score (nSPS) is 25.2. The summed E-state index contributed by atoms with van der Waals surface area (Å²) in [5.41, 5.74) is -0.0689. The van der Waals surface area contributed by atoms with Crippen molar-refractivity contribution in [2.45, 2.75) is 30.3 Å². The van der Waals surface area contributed by atoms with Crippen LogP contribution in [0.4, 0.5) is 5.69 Å². The molecule has 19 heavy (non-hydrogen) atoms. The molecule has 0 bridgehead atoms. The maximum absolute atomic E-state index is 12.5. The Labute approximate surface area is 114 Å².